The Hall–Kier alpha value is -1.79. The van der Waals surface area contributed by atoms with Crippen LogP contribution in [0.3, 0.4) is 0 Å². The van der Waals surface area contributed by atoms with Gasteiger partial charge in [-0.1, -0.05) is 20.8 Å². The Kier molecular flexibility index (Phi) is 5.08. The Balaban J connectivity index is 2.18. The van der Waals surface area contributed by atoms with Crippen LogP contribution < -0.4 is 5.32 Å². The molecular formula is C18H30N2O5. The van der Waals surface area contributed by atoms with Gasteiger partial charge in [-0.3, -0.25) is 4.79 Å². The molecular weight excluding hydrogens is 324 g/mol. The molecule has 1 saturated heterocycles. The van der Waals surface area contributed by atoms with Gasteiger partial charge in [0.1, 0.15) is 17.7 Å². The van der Waals surface area contributed by atoms with Crippen LogP contribution in [-0.2, 0) is 14.3 Å². The molecule has 0 aromatic carbocycles. The maximum Gasteiger partial charge on any atom is 0.408 e. The zero-order valence-electron chi connectivity index (χ0n) is 16.0. The lowest BCUT2D eigenvalue weighted by atomic mass is 9.73. The summed E-state index contributed by atoms with van der Waals surface area (Å²) in [6.07, 6.45) is 1.12. The average Bonchev–Trinajstić information content (AvgIpc) is 2.64. The lowest BCUT2D eigenvalue weighted by molar-refractivity contribution is -0.151. The third-order valence-electron chi connectivity index (χ3n) is 4.96. The summed E-state index contributed by atoms with van der Waals surface area (Å²) in [5.74, 6) is -1.03. The maximum absolute atomic E-state index is 13.1. The van der Waals surface area contributed by atoms with Gasteiger partial charge in [-0.2, -0.15) is 0 Å². The molecule has 1 aliphatic carbocycles. The van der Waals surface area contributed by atoms with E-state index in [9.17, 15) is 19.5 Å². The highest BCUT2D eigenvalue weighted by atomic mass is 16.6. The van der Waals surface area contributed by atoms with Gasteiger partial charge in [0.2, 0.25) is 5.91 Å². The molecule has 2 amide bonds. The number of aliphatic carboxylic acids is 1. The number of amides is 2. The fourth-order valence-electron chi connectivity index (χ4n) is 3.62. The first-order chi connectivity index (χ1) is 11.3. The lowest BCUT2D eigenvalue weighted by Gasteiger charge is -2.36. The van der Waals surface area contributed by atoms with Gasteiger partial charge in [-0.25, -0.2) is 9.59 Å². The van der Waals surface area contributed by atoms with E-state index in [0.717, 1.165) is 12.8 Å². The molecule has 2 aliphatic rings. The van der Waals surface area contributed by atoms with Gasteiger partial charge in [0.15, 0.2) is 0 Å². The van der Waals surface area contributed by atoms with Crippen LogP contribution >= 0.6 is 0 Å². The van der Waals surface area contributed by atoms with Crippen LogP contribution in [0.4, 0.5) is 4.79 Å². The molecule has 0 aromatic rings. The van der Waals surface area contributed by atoms with Crippen molar-refractivity contribution in [2.24, 2.45) is 17.3 Å². The molecule has 1 saturated carbocycles. The highest BCUT2D eigenvalue weighted by Gasteiger charge is 2.53. The molecule has 7 heteroatoms. The average molecular weight is 354 g/mol. The minimum absolute atomic E-state index is 0.0311. The molecule has 142 valence electrons. The number of carboxylic acid groups (broad SMARTS) is 1. The van der Waals surface area contributed by atoms with Crippen molar-refractivity contribution in [3.05, 3.63) is 0 Å². The molecule has 0 spiro atoms. The molecule has 4 atom stereocenters. The number of fused-ring (bicyclic) bond motifs is 1. The quantitative estimate of drug-likeness (QED) is 0.810. The first-order valence-electron chi connectivity index (χ1n) is 8.84. The summed E-state index contributed by atoms with van der Waals surface area (Å²) in [6, 6.07) is -1.64. The van der Waals surface area contributed by atoms with E-state index in [2.05, 4.69) is 5.32 Å². The molecule has 7 nitrogen and oxygen atoms in total. The van der Waals surface area contributed by atoms with Crippen molar-refractivity contribution in [3.8, 4) is 0 Å². The first-order valence-corrected chi connectivity index (χ1v) is 8.84. The van der Waals surface area contributed by atoms with Gasteiger partial charge in [-0.05, 0) is 50.9 Å². The number of carbonyl (C=O) groups is 3. The lowest BCUT2D eigenvalue weighted by Crippen LogP contribution is -2.57. The third kappa shape index (κ3) is 4.25. The number of likely N-dealkylation sites (tertiary alicyclic amines) is 1. The van der Waals surface area contributed by atoms with Gasteiger partial charge in [0, 0.05) is 6.54 Å². The number of rotatable bonds is 3. The summed E-state index contributed by atoms with van der Waals surface area (Å²) < 4.78 is 5.27. The van der Waals surface area contributed by atoms with Crippen molar-refractivity contribution in [1.29, 1.82) is 0 Å². The third-order valence-corrected chi connectivity index (χ3v) is 4.96. The second kappa shape index (κ2) is 6.50. The first kappa shape index (κ1) is 19.5. The predicted molar refractivity (Wildman–Crippen MR) is 92.0 cm³/mol. The monoisotopic (exact) mass is 354 g/mol. The van der Waals surface area contributed by atoms with E-state index in [1.807, 2.05) is 20.8 Å². The van der Waals surface area contributed by atoms with Crippen LogP contribution in [-0.4, -0.2) is 52.2 Å². The molecule has 2 fully saturated rings. The van der Waals surface area contributed by atoms with Gasteiger partial charge in [0.05, 0.1) is 0 Å². The summed E-state index contributed by atoms with van der Waals surface area (Å²) in [4.78, 5) is 38.4. The minimum Gasteiger partial charge on any atom is -0.480 e. The van der Waals surface area contributed by atoms with Crippen LogP contribution in [0, 0.1) is 17.3 Å². The van der Waals surface area contributed by atoms with Gasteiger partial charge in [-0.15, -0.1) is 0 Å². The molecule has 0 radical (unpaired) electrons. The normalized spacial score (nSPS) is 27.1. The van der Waals surface area contributed by atoms with E-state index >= 15 is 0 Å². The van der Waals surface area contributed by atoms with Crippen LogP contribution in [0.5, 0.6) is 0 Å². The molecule has 0 unspecified atom stereocenters. The zero-order valence-corrected chi connectivity index (χ0v) is 16.0. The van der Waals surface area contributed by atoms with E-state index in [-0.39, 0.29) is 17.7 Å². The van der Waals surface area contributed by atoms with E-state index in [1.165, 1.54) is 4.90 Å². The SMILES string of the molecule is CC(C)(C)OC(=O)N[C@H](C(=O)N1C[C@@H]2CC[C@@H]2[C@H]1C(=O)O)C(C)(C)C. The number of hydrogen-bond acceptors (Lipinski definition) is 4. The summed E-state index contributed by atoms with van der Waals surface area (Å²) in [6.45, 7) is 11.2. The Labute approximate surface area is 149 Å². The van der Waals surface area contributed by atoms with E-state index in [0.29, 0.717) is 6.54 Å². The summed E-state index contributed by atoms with van der Waals surface area (Å²) in [5.41, 5.74) is -1.25. The standard InChI is InChI=1S/C18H30N2O5/c1-17(2,3)13(19-16(24)25-18(4,5)6)14(21)20-9-10-7-8-11(10)12(20)15(22)23/h10-13H,7-9H2,1-6H3,(H,19,24)(H,22,23)/t10-,11-,12-,13+/m0/s1. The topological polar surface area (TPSA) is 95.9 Å². The van der Waals surface area contributed by atoms with E-state index < -0.39 is 35.2 Å². The fraction of sp³-hybridized carbons (Fsp3) is 0.833. The highest BCUT2D eigenvalue weighted by Crippen LogP contribution is 2.45. The van der Waals surface area contributed by atoms with E-state index in [1.54, 1.807) is 20.8 Å². The predicted octanol–water partition coefficient (Wildman–Crippen LogP) is 2.25. The van der Waals surface area contributed by atoms with Crippen molar-refractivity contribution in [2.75, 3.05) is 6.54 Å². The molecule has 2 rings (SSSR count). The second-order valence-electron chi connectivity index (χ2n) is 9.22. The minimum atomic E-state index is -0.967. The number of ether oxygens (including phenoxy) is 1. The van der Waals surface area contributed by atoms with Crippen LogP contribution in [0.25, 0.3) is 0 Å². The zero-order chi connectivity index (χ0) is 19.2. The fourth-order valence-corrected chi connectivity index (χ4v) is 3.62. The molecule has 0 aromatic heterocycles. The number of alkyl carbamates (subject to hydrolysis) is 1. The Morgan fingerprint density at radius 2 is 1.72 bits per heavy atom. The number of hydrogen-bond donors (Lipinski definition) is 2. The van der Waals surface area contributed by atoms with Crippen molar-refractivity contribution in [2.45, 2.75) is 72.1 Å². The largest absolute Gasteiger partial charge is 0.480 e. The van der Waals surface area contributed by atoms with E-state index in [4.69, 9.17) is 4.74 Å². The smallest absolute Gasteiger partial charge is 0.408 e. The Morgan fingerprint density at radius 1 is 1.12 bits per heavy atom. The van der Waals surface area contributed by atoms with Crippen molar-refractivity contribution in [1.82, 2.24) is 10.2 Å². The number of carbonyl (C=O) groups excluding carboxylic acids is 2. The van der Waals surface area contributed by atoms with Crippen LogP contribution in [0.15, 0.2) is 0 Å². The number of nitrogens with one attached hydrogen (secondary N) is 1. The molecule has 2 N–H and O–H groups in total. The van der Waals surface area contributed by atoms with Crippen molar-refractivity contribution in [3.63, 3.8) is 0 Å². The molecule has 0 bridgehead atoms. The molecule has 1 heterocycles. The second-order valence-corrected chi connectivity index (χ2v) is 9.22. The number of nitrogens with zero attached hydrogens (tertiary/aromatic N) is 1. The highest BCUT2D eigenvalue weighted by molar-refractivity contribution is 5.90. The van der Waals surface area contributed by atoms with Gasteiger partial charge in [0.25, 0.3) is 0 Å². The Bertz CT molecular complexity index is 561. The summed E-state index contributed by atoms with van der Waals surface area (Å²) in [7, 11) is 0. The maximum atomic E-state index is 13.1. The van der Waals surface area contributed by atoms with Crippen molar-refractivity contribution < 1.29 is 24.2 Å². The molecule has 25 heavy (non-hydrogen) atoms. The summed E-state index contributed by atoms with van der Waals surface area (Å²) >= 11 is 0. The number of carboxylic acids is 1. The van der Waals surface area contributed by atoms with Gasteiger partial charge >= 0.3 is 12.1 Å². The van der Waals surface area contributed by atoms with Crippen molar-refractivity contribution >= 4 is 18.0 Å². The molecule has 1 aliphatic heterocycles. The van der Waals surface area contributed by atoms with Gasteiger partial charge < -0.3 is 20.1 Å². The van der Waals surface area contributed by atoms with Crippen LogP contribution in [0.2, 0.25) is 0 Å². The summed E-state index contributed by atoms with van der Waals surface area (Å²) in [5, 5.41) is 12.2. The Morgan fingerprint density at radius 3 is 2.12 bits per heavy atom. The van der Waals surface area contributed by atoms with Crippen LogP contribution in [0.1, 0.15) is 54.4 Å².